The minimum absolute atomic E-state index is 0.0797. The fraction of sp³-hybridized carbons (Fsp3) is 0.300. The van der Waals surface area contributed by atoms with Crippen molar-refractivity contribution in [2.45, 2.75) is 13.5 Å². The molecular formula is C10H12N2OS. The first-order valence-corrected chi connectivity index (χ1v) is 5.34. The Labute approximate surface area is 85.8 Å². The van der Waals surface area contributed by atoms with E-state index >= 15 is 0 Å². The molecule has 0 amide bonds. The molecule has 0 fully saturated rings. The SMILES string of the molecule is Cc1ccc2c(c1)sc(=O)n2CCN. The van der Waals surface area contributed by atoms with Crippen molar-refractivity contribution in [1.82, 2.24) is 4.57 Å². The topological polar surface area (TPSA) is 48.0 Å². The highest BCUT2D eigenvalue weighted by atomic mass is 32.1. The van der Waals surface area contributed by atoms with Crippen molar-refractivity contribution in [2.75, 3.05) is 6.54 Å². The maximum atomic E-state index is 11.6. The molecule has 0 radical (unpaired) electrons. The second-order valence-corrected chi connectivity index (χ2v) is 4.27. The first kappa shape index (κ1) is 9.43. The summed E-state index contributed by atoms with van der Waals surface area (Å²) in [5.74, 6) is 0. The second-order valence-electron chi connectivity index (χ2n) is 3.28. The van der Waals surface area contributed by atoms with Gasteiger partial charge < -0.3 is 5.73 Å². The van der Waals surface area contributed by atoms with Gasteiger partial charge in [-0.05, 0) is 24.6 Å². The van der Waals surface area contributed by atoms with Crippen molar-refractivity contribution >= 4 is 21.6 Å². The third-order valence-corrected chi connectivity index (χ3v) is 3.12. The van der Waals surface area contributed by atoms with Crippen LogP contribution in [-0.4, -0.2) is 11.1 Å². The first-order valence-electron chi connectivity index (χ1n) is 4.52. The van der Waals surface area contributed by atoms with Crippen LogP contribution in [0.25, 0.3) is 10.2 Å². The third-order valence-electron chi connectivity index (χ3n) is 2.18. The van der Waals surface area contributed by atoms with Crippen molar-refractivity contribution in [3.8, 4) is 0 Å². The predicted molar refractivity (Wildman–Crippen MR) is 59.9 cm³/mol. The number of hydrogen-bond donors (Lipinski definition) is 1. The molecule has 74 valence electrons. The van der Waals surface area contributed by atoms with E-state index in [1.165, 1.54) is 16.9 Å². The van der Waals surface area contributed by atoms with Crippen molar-refractivity contribution in [2.24, 2.45) is 5.73 Å². The number of benzene rings is 1. The van der Waals surface area contributed by atoms with E-state index in [-0.39, 0.29) is 4.87 Å². The highest BCUT2D eigenvalue weighted by Crippen LogP contribution is 2.18. The molecule has 1 aromatic heterocycles. The molecule has 0 aliphatic rings. The second kappa shape index (κ2) is 3.55. The Kier molecular flexibility index (Phi) is 2.39. The number of thiazole rings is 1. The van der Waals surface area contributed by atoms with E-state index in [0.29, 0.717) is 13.1 Å². The summed E-state index contributed by atoms with van der Waals surface area (Å²) < 4.78 is 2.78. The zero-order valence-electron chi connectivity index (χ0n) is 7.99. The van der Waals surface area contributed by atoms with Crippen LogP contribution in [0, 0.1) is 6.92 Å². The van der Waals surface area contributed by atoms with E-state index in [0.717, 1.165) is 10.2 Å². The Hall–Kier alpha value is -1.13. The fourth-order valence-corrected chi connectivity index (χ4v) is 2.53. The van der Waals surface area contributed by atoms with Crippen molar-refractivity contribution in [1.29, 1.82) is 0 Å². The molecule has 2 N–H and O–H groups in total. The smallest absolute Gasteiger partial charge is 0.308 e. The zero-order chi connectivity index (χ0) is 10.1. The van der Waals surface area contributed by atoms with Crippen molar-refractivity contribution in [3.05, 3.63) is 33.4 Å². The minimum atomic E-state index is 0.0797. The van der Waals surface area contributed by atoms with Crippen LogP contribution in [0.4, 0.5) is 0 Å². The minimum Gasteiger partial charge on any atom is -0.329 e. The molecule has 0 aliphatic heterocycles. The number of nitrogens with zero attached hydrogens (tertiary/aromatic N) is 1. The largest absolute Gasteiger partial charge is 0.329 e. The number of nitrogens with two attached hydrogens (primary N) is 1. The summed E-state index contributed by atoms with van der Waals surface area (Å²) in [5.41, 5.74) is 7.63. The normalized spacial score (nSPS) is 11.0. The van der Waals surface area contributed by atoms with Crippen LogP contribution in [0.1, 0.15) is 5.56 Å². The van der Waals surface area contributed by atoms with Gasteiger partial charge in [-0.2, -0.15) is 0 Å². The zero-order valence-corrected chi connectivity index (χ0v) is 8.80. The molecule has 0 saturated heterocycles. The molecular weight excluding hydrogens is 196 g/mol. The molecule has 0 saturated carbocycles. The quantitative estimate of drug-likeness (QED) is 0.809. The molecule has 3 nitrogen and oxygen atoms in total. The van der Waals surface area contributed by atoms with Gasteiger partial charge in [-0.1, -0.05) is 17.4 Å². The van der Waals surface area contributed by atoms with Crippen LogP contribution in [0.15, 0.2) is 23.0 Å². The number of aryl methyl sites for hydroxylation is 1. The Morgan fingerprint density at radius 1 is 1.50 bits per heavy atom. The molecule has 2 aromatic rings. The van der Waals surface area contributed by atoms with Gasteiger partial charge in [0.05, 0.1) is 10.2 Å². The lowest BCUT2D eigenvalue weighted by Gasteiger charge is -2.00. The number of rotatable bonds is 2. The van der Waals surface area contributed by atoms with Gasteiger partial charge in [-0.15, -0.1) is 0 Å². The summed E-state index contributed by atoms with van der Waals surface area (Å²) in [6, 6.07) is 6.04. The highest BCUT2D eigenvalue weighted by Gasteiger charge is 2.05. The summed E-state index contributed by atoms with van der Waals surface area (Å²) in [4.78, 5) is 11.6. The van der Waals surface area contributed by atoms with Crippen LogP contribution in [0.3, 0.4) is 0 Å². The van der Waals surface area contributed by atoms with Gasteiger partial charge in [-0.25, -0.2) is 0 Å². The summed E-state index contributed by atoms with van der Waals surface area (Å²) >= 11 is 1.28. The predicted octanol–water partition coefficient (Wildman–Crippen LogP) is 1.33. The molecule has 0 bridgehead atoms. The summed E-state index contributed by atoms with van der Waals surface area (Å²) in [7, 11) is 0. The first-order chi connectivity index (χ1) is 6.72. The van der Waals surface area contributed by atoms with Gasteiger partial charge in [0, 0.05) is 13.1 Å². The average molecular weight is 208 g/mol. The van der Waals surface area contributed by atoms with E-state index in [9.17, 15) is 4.79 Å². The summed E-state index contributed by atoms with van der Waals surface area (Å²) in [6.45, 7) is 3.12. The summed E-state index contributed by atoms with van der Waals surface area (Å²) in [5, 5.41) is 0. The monoisotopic (exact) mass is 208 g/mol. The lowest BCUT2D eigenvalue weighted by Crippen LogP contribution is -2.18. The van der Waals surface area contributed by atoms with Gasteiger partial charge >= 0.3 is 4.87 Å². The van der Waals surface area contributed by atoms with Gasteiger partial charge in [0.25, 0.3) is 0 Å². The summed E-state index contributed by atoms with van der Waals surface area (Å²) in [6.07, 6.45) is 0. The van der Waals surface area contributed by atoms with E-state index in [4.69, 9.17) is 5.73 Å². The van der Waals surface area contributed by atoms with E-state index in [1.54, 1.807) is 4.57 Å². The highest BCUT2D eigenvalue weighted by molar-refractivity contribution is 7.16. The van der Waals surface area contributed by atoms with E-state index in [1.807, 2.05) is 25.1 Å². The molecule has 0 spiro atoms. The average Bonchev–Trinajstić information content (AvgIpc) is 2.43. The fourth-order valence-electron chi connectivity index (χ4n) is 1.51. The lowest BCUT2D eigenvalue weighted by molar-refractivity contribution is 0.721. The maximum Gasteiger partial charge on any atom is 0.308 e. The number of aromatic nitrogens is 1. The number of fused-ring (bicyclic) bond motifs is 1. The van der Waals surface area contributed by atoms with Gasteiger partial charge in [-0.3, -0.25) is 9.36 Å². The van der Waals surface area contributed by atoms with Crippen LogP contribution in [0.2, 0.25) is 0 Å². The lowest BCUT2D eigenvalue weighted by atomic mass is 10.2. The van der Waals surface area contributed by atoms with Gasteiger partial charge in [0.1, 0.15) is 0 Å². The number of hydrogen-bond acceptors (Lipinski definition) is 3. The maximum absolute atomic E-state index is 11.6. The van der Waals surface area contributed by atoms with E-state index < -0.39 is 0 Å². The molecule has 0 aliphatic carbocycles. The van der Waals surface area contributed by atoms with Crippen molar-refractivity contribution in [3.63, 3.8) is 0 Å². The van der Waals surface area contributed by atoms with Gasteiger partial charge in [0.2, 0.25) is 0 Å². The van der Waals surface area contributed by atoms with Gasteiger partial charge in [0.15, 0.2) is 0 Å². The van der Waals surface area contributed by atoms with Crippen LogP contribution >= 0.6 is 11.3 Å². The van der Waals surface area contributed by atoms with Crippen LogP contribution in [-0.2, 0) is 6.54 Å². The van der Waals surface area contributed by atoms with Crippen molar-refractivity contribution < 1.29 is 0 Å². The molecule has 1 aromatic carbocycles. The molecule has 0 unspecified atom stereocenters. The molecule has 2 rings (SSSR count). The Balaban J connectivity index is 2.71. The Morgan fingerprint density at radius 2 is 2.29 bits per heavy atom. The Morgan fingerprint density at radius 3 is 3.00 bits per heavy atom. The van der Waals surface area contributed by atoms with Crippen LogP contribution < -0.4 is 10.6 Å². The molecule has 4 heteroatoms. The van der Waals surface area contributed by atoms with E-state index in [2.05, 4.69) is 0 Å². The molecule has 14 heavy (non-hydrogen) atoms. The standard InChI is InChI=1S/C10H12N2OS/c1-7-2-3-8-9(6-7)14-10(13)12(8)5-4-11/h2-3,6H,4-5,11H2,1H3. The molecule has 0 atom stereocenters. The molecule has 1 heterocycles. The Bertz CT molecular complexity index is 512. The van der Waals surface area contributed by atoms with Crippen LogP contribution in [0.5, 0.6) is 0 Å². The third kappa shape index (κ3) is 1.47.